The highest BCUT2D eigenvalue weighted by molar-refractivity contribution is 7.13. The van der Waals surface area contributed by atoms with Crippen molar-refractivity contribution < 1.29 is 23.8 Å². The Morgan fingerprint density at radius 2 is 1.83 bits per heavy atom. The lowest BCUT2D eigenvalue weighted by molar-refractivity contribution is -0.149. The van der Waals surface area contributed by atoms with Crippen molar-refractivity contribution in [3.8, 4) is 16.9 Å². The summed E-state index contributed by atoms with van der Waals surface area (Å²) in [6.07, 6.45) is 1.66. The van der Waals surface area contributed by atoms with Crippen LogP contribution in [0.3, 0.4) is 0 Å². The molecule has 9 heteroatoms. The maximum absolute atomic E-state index is 13.3. The highest BCUT2D eigenvalue weighted by Crippen LogP contribution is 2.43. The molecule has 2 aromatic rings. The third-order valence-electron chi connectivity index (χ3n) is 6.57. The lowest BCUT2D eigenvalue weighted by atomic mass is 9.64. The molecule has 2 N–H and O–H groups in total. The van der Waals surface area contributed by atoms with Gasteiger partial charge in [0.25, 0.3) is 0 Å². The van der Waals surface area contributed by atoms with Crippen molar-refractivity contribution >= 4 is 28.4 Å². The zero-order chi connectivity index (χ0) is 25.9. The third-order valence-corrected chi connectivity index (χ3v) is 7.28. The summed E-state index contributed by atoms with van der Waals surface area (Å²) in [5, 5.41) is 9.00. The van der Waals surface area contributed by atoms with E-state index in [2.05, 4.69) is 27.8 Å². The first kappa shape index (κ1) is 25.2. The minimum absolute atomic E-state index is 0.338. The van der Waals surface area contributed by atoms with Gasteiger partial charge in [0.05, 0.1) is 32.9 Å². The number of nitrogens with zero attached hydrogens (tertiary/aromatic N) is 1. The molecule has 2 heterocycles. The van der Waals surface area contributed by atoms with E-state index in [1.54, 1.807) is 20.2 Å². The summed E-state index contributed by atoms with van der Waals surface area (Å²) in [6.45, 7) is 3.70. The lowest BCUT2D eigenvalue weighted by Crippen LogP contribution is -2.65. The van der Waals surface area contributed by atoms with E-state index in [0.29, 0.717) is 16.4 Å². The van der Waals surface area contributed by atoms with Crippen molar-refractivity contribution in [2.45, 2.75) is 31.3 Å². The Balaban J connectivity index is 0.000000318. The summed E-state index contributed by atoms with van der Waals surface area (Å²) in [7, 11) is 4.37. The van der Waals surface area contributed by atoms with Crippen LogP contribution in [0.2, 0.25) is 0 Å². The number of anilines is 1. The van der Waals surface area contributed by atoms with E-state index in [4.69, 9.17) is 14.2 Å². The quantitative estimate of drug-likeness (QED) is 0.376. The fraction of sp³-hybridized carbons (Fsp3) is 0.296. The van der Waals surface area contributed by atoms with E-state index in [0.717, 1.165) is 11.3 Å². The van der Waals surface area contributed by atoms with Gasteiger partial charge in [-0.05, 0) is 37.1 Å². The van der Waals surface area contributed by atoms with Crippen LogP contribution in [0.5, 0.6) is 5.75 Å². The summed E-state index contributed by atoms with van der Waals surface area (Å²) in [6, 6.07) is 14.4. The van der Waals surface area contributed by atoms with E-state index < -0.39 is 23.4 Å². The van der Waals surface area contributed by atoms with Crippen molar-refractivity contribution in [1.29, 1.82) is 0 Å². The van der Waals surface area contributed by atoms with Crippen LogP contribution in [-0.2, 0) is 24.5 Å². The van der Waals surface area contributed by atoms with Gasteiger partial charge in [0.2, 0.25) is 0 Å². The van der Waals surface area contributed by atoms with Crippen molar-refractivity contribution in [3.05, 3.63) is 76.9 Å². The highest BCUT2D eigenvalue weighted by Gasteiger charge is 2.58. The zero-order valence-corrected chi connectivity index (χ0v) is 21.6. The molecule has 5 rings (SSSR count). The number of aromatic nitrogens is 1. The van der Waals surface area contributed by atoms with Gasteiger partial charge in [-0.3, -0.25) is 4.79 Å². The van der Waals surface area contributed by atoms with Crippen LogP contribution in [0.4, 0.5) is 5.13 Å². The third kappa shape index (κ3) is 4.42. The van der Waals surface area contributed by atoms with E-state index in [-0.39, 0.29) is 6.04 Å². The molecular formula is C27H29N3O5S. The van der Waals surface area contributed by atoms with Gasteiger partial charge in [0.1, 0.15) is 11.2 Å². The molecular weight excluding hydrogens is 478 g/mol. The Morgan fingerprint density at radius 1 is 1.08 bits per heavy atom. The molecule has 36 heavy (non-hydrogen) atoms. The fourth-order valence-electron chi connectivity index (χ4n) is 4.81. The minimum Gasteiger partial charge on any atom is -0.496 e. The molecule has 0 bridgehead atoms. The molecule has 0 radical (unpaired) electrons. The van der Waals surface area contributed by atoms with Crippen LogP contribution in [0.1, 0.15) is 19.4 Å². The summed E-state index contributed by atoms with van der Waals surface area (Å²) in [5.41, 5.74) is 3.11. The molecule has 0 spiro atoms. The summed E-state index contributed by atoms with van der Waals surface area (Å²) in [5.74, 6) is 0.0387. The summed E-state index contributed by atoms with van der Waals surface area (Å²) >= 11 is 1.39. The zero-order valence-electron chi connectivity index (χ0n) is 20.8. The monoisotopic (exact) mass is 507 g/mol. The Morgan fingerprint density at radius 3 is 2.33 bits per heavy atom. The molecule has 1 aromatic heterocycles. The van der Waals surface area contributed by atoms with Crippen molar-refractivity contribution in [2.24, 2.45) is 0 Å². The number of hydrogen-bond acceptors (Lipinski definition) is 9. The molecule has 3 unspecified atom stereocenters. The molecule has 1 aliphatic heterocycles. The van der Waals surface area contributed by atoms with Crippen molar-refractivity contribution in [3.63, 3.8) is 0 Å². The van der Waals surface area contributed by atoms with Gasteiger partial charge in [-0.15, -0.1) is 11.3 Å². The minimum atomic E-state index is -1.22. The van der Waals surface area contributed by atoms with Crippen LogP contribution < -0.4 is 15.4 Å². The summed E-state index contributed by atoms with van der Waals surface area (Å²) in [4.78, 5) is 30.3. The average molecular weight is 508 g/mol. The molecule has 8 nitrogen and oxygen atoms in total. The number of benzene rings is 2. The molecule has 3 aliphatic rings. The first-order valence-electron chi connectivity index (χ1n) is 11.4. The average Bonchev–Trinajstić information content (AvgIpc) is 3.27. The van der Waals surface area contributed by atoms with Gasteiger partial charge in [-0.2, -0.15) is 0 Å². The second-order valence-corrected chi connectivity index (χ2v) is 9.35. The molecule has 2 aliphatic carbocycles. The van der Waals surface area contributed by atoms with Crippen LogP contribution in [-0.4, -0.2) is 50.3 Å². The van der Waals surface area contributed by atoms with E-state index in [1.165, 1.54) is 36.7 Å². The number of fused-ring (bicyclic) bond motifs is 1. The Labute approximate surface area is 214 Å². The predicted octanol–water partition coefficient (Wildman–Crippen LogP) is 4.15. The van der Waals surface area contributed by atoms with Crippen molar-refractivity contribution in [1.82, 2.24) is 10.3 Å². The maximum atomic E-state index is 13.3. The molecule has 3 atom stereocenters. The molecule has 0 amide bonds. The number of hydrogen-bond donors (Lipinski definition) is 2. The van der Waals surface area contributed by atoms with Gasteiger partial charge in [-0.1, -0.05) is 36.4 Å². The topological polar surface area (TPSA) is 98.8 Å². The van der Waals surface area contributed by atoms with Gasteiger partial charge >= 0.3 is 11.9 Å². The van der Waals surface area contributed by atoms with Crippen LogP contribution in [0.25, 0.3) is 11.1 Å². The maximum Gasteiger partial charge on any atom is 0.337 e. The number of thiazole rings is 1. The van der Waals surface area contributed by atoms with E-state index in [1.807, 2.05) is 48.7 Å². The number of carbonyl (C=O) groups excluding carboxylic acids is 2. The van der Waals surface area contributed by atoms with E-state index in [9.17, 15) is 9.59 Å². The number of allylic oxidation sites excluding steroid dienone is 1. The van der Waals surface area contributed by atoms with Crippen LogP contribution in [0.15, 0.2) is 71.4 Å². The van der Waals surface area contributed by atoms with Gasteiger partial charge in [-0.25, -0.2) is 9.78 Å². The molecule has 0 saturated heterocycles. The van der Waals surface area contributed by atoms with Crippen LogP contribution >= 0.6 is 11.3 Å². The fourth-order valence-corrected chi connectivity index (χ4v) is 5.37. The molecule has 1 aromatic carbocycles. The van der Waals surface area contributed by atoms with Crippen molar-refractivity contribution in [2.75, 3.05) is 26.6 Å². The lowest BCUT2D eigenvalue weighted by Gasteiger charge is -2.47. The Hall–Kier alpha value is -3.85. The number of methoxy groups -OCH3 is 3. The highest BCUT2D eigenvalue weighted by atomic mass is 32.1. The standard InChI is InChI=1S/C20H23N3O4S.C7H6O/c1-12-15(17(24)26-3)16(23-19-21-10-11-28-19)20(13(2)22-12,18(25)27-4)14-8-6-5-7-9-14;1-8-7-3-2-5-4-6(5)7/h5-11,13,16,22H,1-4H3,(H,21,23);2-4H,1H3. The number of esters is 2. The second-order valence-electron chi connectivity index (χ2n) is 8.45. The molecule has 0 fully saturated rings. The Kier molecular flexibility index (Phi) is 7.30. The normalized spacial score (nSPS) is 21.4. The number of nitrogens with one attached hydrogen (secondary N) is 2. The summed E-state index contributed by atoms with van der Waals surface area (Å²) < 4.78 is 15.3. The van der Waals surface area contributed by atoms with Gasteiger partial charge < -0.3 is 24.8 Å². The van der Waals surface area contributed by atoms with Gasteiger partial charge in [0, 0.05) is 28.9 Å². The SMILES string of the molecule is COC(=O)C1=C(C)NC(C)C(C(=O)OC)(c2ccccc2)C1Nc1nccs1.COc1ccc2cc1-2. The number of ether oxygens (including phenoxy) is 3. The predicted molar refractivity (Wildman–Crippen MR) is 139 cm³/mol. The largest absolute Gasteiger partial charge is 0.496 e. The first-order valence-corrected chi connectivity index (χ1v) is 12.3. The number of carbonyl (C=O) groups is 2. The first-order chi connectivity index (χ1) is 17.4. The van der Waals surface area contributed by atoms with Crippen LogP contribution in [0, 0.1) is 0 Å². The molecule has 188 valence electrons. The Bertz CT molecular complexity index is 1280. The number of rotatable bonds is 6. The smallest absolute Gasteiger partial charge is 0.337 e. The van der Waals surface area contributed by atoms with Gasteiger partial charge in [0.15, 0.2) is 5.13 Å². The molecule has 0 saturated carbocycles. The second kappa shape index (κ2) is 10.4. The van der Waals surface area contributed by atoms with E-state index >= 15 is 0 Å².